The van der Waals surface area contributed by atoms with Crippen LogP contribution in [0.5, 0.6) is 5.75 Å². The molecule has 3 aromatic carbocycles. The highest BCUT2D eigenvalue weighted by Crippen LogP contribution is 2.18. The molecule has 152 valence electrons. The number of hydrazone groups is 1. The lowest BCUT2D eigenvalue weighted by atomic mass is 10.2. The molecule has 0 aliphatic carbocycles. The summed E-state index contributed by atoms with van der Waals surface area (Å²) < 4.78 is 5.83. The van der Waals surface area contributed by atoms with Crippen molar-refractivity contribution < 1.29 is 14.3 Å². The van der Waals surface area contributed by atoms with Crippen LogP contribution in [-0.2, 0) is 16.2 Å². The number of nitrogens with one attached hydrogen (secondary N) is 2. The zero-order valence-corrected chi connectivity index (χ0v) is 17.0. The van der Waals surface area contributed by atoms with E-state index in [9.17, 15) is 9.59 Å². The number of anilines is 1. The number of halogens is 1. The number of rotatable bonds is 6. The lowest BCUT2D eigenvalue weighted by Crippen LogP contribution is -2.32. The predicted octanol–water partition coefficient (Wildman–Crippen LogP) is 4.32. The molecule has 0 heterocycles. The largest absolute Gasteiger partial charge is 0.488 e. The Morgan fingerprint density at radius 1 is 0.967 bits per heavy atom. The van der Waals surface area contributed by atoms with Crippen molar-refractivity contribution in [3.8, 4) is 5.75 Å². The van der Waals surface area contributed by atoms with Crippen LogP contribution in [0.1, 0.15) is 16.7 Å². The highest BCUT2D eigenvalue weighted by atomic mass is 35.5. The van der Waals surface area contributed by atoms with Gasteiger partial charge in [-0.3, -0.25) is 9.59 Å². The third-order valence-electron chi connectivity index (χ3n) is 4.20. The topological polar surface area (TPSA) is 79.8 Å². The molecule has 3 aromatic rings. The second-order valence-electron chi connectivity index (χ2n) is 6.42. The van der Waals surface area contributed by atoms with E-state index in [1.807, 2.05) is 43.3 Å². The van der Waals surface area contributed by atoms with Crippen LogP contribution in [0.2, 0.25) is 5.02 Å². The Morgan fingerprint density at radius 3 is 2.43 bits per heavy atom. The van der Waals surface area contributed by atoms with Crippen LogP contribution in [-0.4, -0.2) is 18.0 Å². The van der Waals surface area contributed by atoms with Crippen molar-refractivity contribution in [3.05, 3.63) is 94.5 Å². The Balaban J connectivity index is 1.58. The average Bonchev–Trinajstić information content (AvgIpc) is 2.75. The van der Waals surface area contributed by atoms with Gasteiger partial charge in [-0.2, -0.15) is 5.10 Å². The van der Waals surface area contributed by atoms with Crippen LogP contribution in [0, 0.1) is 6.92 Å². The van der Waals surface area contributed by atoms with Crippen LogP contribution in [0.15, 0.2) is 77.9 Å². The predicted molar refractivity (Wildman–Crippen MR) is 118 cm³/mol. The second kappa shape index (κ2) is 10.2. The summed E-state index contributed by atoms with van der Waals surface area (Å²) in [4.78, 5) is 24.0. The maximum Gasteiger partial charge on any atom is 0.329 e. The standard InChI is InChI=1S/C23H20ClN3O3/c1-16-6-2-4-8-20(16)26-22(28)23(29)27-25-14-18-7-3-5-9-21(18)30-15-17-10-12-19(24)13-11-17/h2-14H,15H2,1H3,(H,26,28)(H,27,29)/b25-14-. The van der Waals surface area contributed by atoms with E-state index < -0.39 is 11.8 Å². The lowest BCUT2D eigenvalue weighted by Gasteiger charge is -2.09. The highest BCUT2D eigenvalue weighted by Gasteiger charge is 2.13. The van der Waals surface area contributed by atoms with E-state index in [2.05, 4.69) is 15.8 Å². The summed E-state index contributed by atoms with van der Waals surface area (Å²) in [5.74, 6) is -1.07. The Bertz CT molecular complexity index is 1070. The molecule has 0 aliphatic heterocycles. The molecule has 0 aliphatic rings. The summed E-state index contributed by atoms with van der Waals surface area (Å²) in [5, 5.41) is 7.09. The van der Waals surface area contributed by atoms with Crippen molar-refractivity contribution >= 4 is 35.3 Å². The zero-order valence-electron chi connectivity index (χ0n) is 16.3. The van der Waals surface area contributed by atoms with Gasteiger partial charge < -0.3 is 10.1 Å². The number of hydrogen-bond donors (Lipinski definition) is 2. The molecule has 0 radical (unpaired) electrons. The molecule has 7 heteroatoms. The summed E-state index contributed by atoms with van der Waals surface area (Å²) >= 11 is 5.89. The maximum absolute atomic E-state index is 12.0. The molecular weight excluding hydrogens is 402 g/mol. The van der Waals surface area contributed by atoms with Crippen molar-refractivity contribution in [3.63, 3.8) is 0 Å². The molecule has 2 amide bonds. The molecule has 0 unspecified atom stereocenters. The first-order chi connectivity index (χ1) is 14.5. The van der Waals surface area contributed by atoms with Gasteiger partial charge in [-0.1, -0.05) is 54.1 Å². The number of aryl methyl sites for hydroxylation is 1. The molecule has 0 fully saturated rings. The minimum Gasteiger partial charge on any atom is -0.488 e. The number of ether oxygens (including phenoxy) is 1. The number of para-hydroxylation sites is 2. The molecular formula is C23H20ClN3O3. The van der Waals surface area contributed by atoms with Gasteiger partial charge in [-0.05, 0) is 48.4 Å². The van der Waals surface area contributed by atoms with Crippen molar-refractivity contribution in [2.24, 2.45) is 5.10 Å². The summed E-state index contributed by atoms with van der Waals surface area (Å²) in [5.41, 5.74) is 5.28. The third kappa shape index (κ3) is 5.93. The van der Waals surface area contributed by atoms with Gasteiger partial charge >= 0.3 is 11.8 Å². The van der Waals surface area contributed by atoms with E-state index in [4.69, 9.17) is 16.3 Å². The van der Waals surface area contributed by atoms with E-state index in [0.29, 0.717) is 28.6 Å². The molecule has 0 saturated heterocycles. The van der Waals surface area contributed by atoms with Gasteiger partial charge in [0.05, 0.1) is 6.21 Å². The van der Waals surface area contributed by atoms with E-state index in [1.165, 1.54) is 6.21 Å². The summed E-state index contributed by atoms with van der Waals surface area (Å²) in [7, 11) is 0. The molecule has 0 saturated carbocycles. The van der Waals surface area contributed by atoms with E-state index in [0.717, 1.165) is 11.1 Å². The molecule has 0 aromatic heterocycles. The molecule has 0 atom stereocenters. The Labute approximate surface area is 179 Å². The van der Waals surface area contributed by atoms with Crippen molar-refractivity contribution in [2.45, 2.75) is 13.5 Å². The van der Waals surface area contributed by atoms with Gasteiger partial charge in [-0.25, -0.2) is 5.43 Å². The van der Waals surface area contributed by atoms with Crippen LogP contribution in [0.4, 0.5) is 5.69 Å². The Kier molecular flexibility index (Phi) is 7.19. The van der Waals surface area contributed by atoms with E-state index in [1.54, 1.807) is 36.4 Å². The number of hydrogen-bond acceptors (Lipinski definition) is 4. The molecule has 0 spiro atoms. The van der Waals surface area contributed by atoms with Gasteiger partial charge in [-0.15, -0.1) is 0 Å². The minimum atomic E-state index is -0.867. The fourth-order valence-corrected chi connectivity index (χ4v) is 2.69. The number of nitrogens with zero attached hydrogens (tertiary/aromatic N) is 1. The summed E-state index contributed by atoms with van der Waals surface area (Å²) in [6, 6.07) is 21.8. The summed E-state index contributed by atoms with van der Waals surface area (Å²) in [6.07, 6.45) is 1.43. The molecule has 30 heavy (non-hydrogen) atoms. The highest BCUT2D eigenvalue weighted by molar-refractivity contribution is 6.39. The van der Waals surface area contributed by atoms with Gasteiger partial charge in [0.15, 0.2) is 0 Å². The molecule has 3 rings (SSSR count). The first-order valence-corrected chi connectivity index (χ1v) is 9.57. The average molecular weight is 422 g/mol. The Hall–Kier alpha value is -3.64. The first kappa shape index (κ1) is 21.1. The fraction of sp³-hybridized carbons (Fsp3) is 0.0870. The van der Waals surface area contributed by atoms with E-state index in [-0.39, 0.29) is 0 Å². The van der Waals surface area contributed by atoms with Crippen LogP contribution in [0.25, 0.3) is 0 Å². The van der Waals surface area contributed by atoms with Gasteiger partial charge in [0, 0.05) is 16.3 Å². The minimum absolute atomic E-state index is 0.354. The van der Waals surface area contributed by atoms with Crippen molar-refractivity contribution in [2.75, 3.05) is 5.32 Å². The molecule has 6 nitrogen and oxygen atoms in total. The number of benzene rings is 3. The maximum atomic E-state index is 12.0. The lowest BCUT2D eigenvalue weighted by molar-refractivity contribution is -0.136. The Morgan fingerprint density at radius 2 is 1.67 bits per heavy atom. The SMILES string of the molecule is Cc1ccccc1NC(=O)C(=O)N/N=C\c1ccccc1OCc1ccc(Cl)cc1. The quantitative estimate of drug-likeness (QED) is 0.353. The zero-order chi connectivity index (χ0) is 21.3. The molecule has 0 bridgehead atoms. The normalized spacial score (nSPS) is 10.6. The van der Waals surface area contributed by atoms with Crippen LogP contribution >= 0.6 is 11.6 Å². The van der Waals surface area contributed by atoms with Crippen molar-refractivity contribution in [1.82, 2.24) is 5.43 Å². The smallest absolute Gasteiger partial charge is 0.329 e. The second-order valence-corrected chi connectivity index (χ2v) is 6.86. The number of amides is 2. The summed E-state index contributed by atoms with van der Waals surface area (Å²) in [6.45, 7) is 2.19. The molecule has 2 N–H and O–H groups in total. The fourth-order valence-electron chi connectivity index (χ4n) is 2.56. The first-order valence-electron chi connectivity index (χ1n) is 9.19. The monoisotopic (exact) mass is 421 g/mol. The third-order valence-corrected chi connectivity index (χ3v) is 4.45. The van der Waals surface area contributed by atoms with Crippen molar-refractivity contribution in [1.29, 1.82) is 0 Å². The van der Waals surface area contributed by atoms with Gasteiger partial charge in [0.25, 0.3) is 0 Å². The van der Waals surface area contributed by atoms with Crippen LogP contribution < -0.4 is 15.5 Å². The van der Waals surface area contributed by atoms with E-state index >= 15 is 0 Å². The van der Waals surface area contributed by atoms with Gasteiger partial charge in [0.2, 0.25) is 0 Å². The number of carbonyl (C=O) groups is 2. The number of carbonyl (C=O) groups excluding carboxylic acids is 2. The van der Waals surface area contributed by atoms with Crippen LogP contribution in [0.3, 0.4) is 0 Å². The van der Waals surface area contributed by atoms with Gasteiger partial charge in [0.1, 0.15) is 12.4 Å².